The van der Waals surface area contributed by atoms with Gasteiger partial charge in [0.15, 0.2) is 0 Å². The van der Waals surface area contributed by atoms with Gasteiger partial charge in [0, 0.05) is 28.3 Å². The molecule has 0 bridgehead atoms. The number of thiophene rings is 1. The second kappa shape index (κ2) is 9.44. The molecule has 1 aliphatic carbocycles. The predicted octanol–water partition coefficient (Wildman–Crippen LogP) is 6.80. The lowest BCUT2D eigenvalue weighted by molar-refractivity contribution is -0.384. The topological polar surface area (TPSA) is 97.7 Å². The van der Waals surface area contributed by atoms with Crippen molar-refractivity contribution in [1.29, 1.82) is 0 Å². The molecule has 0 radical (unpaired) electrons. The van der Waals surface area contributed by atoms with Crippen LogP contribution in [0.3, 0.4) is 0 Å². The fourth-order valence-corrected chi connectivity index (χ4v) is 5.27. The molecule has 4 aromatic rings. The fraction of sp³-hybridized carbons (Fsp3) is 0.154. The lowest BCUT2D eigenvalue weighted by atomic mass is 9.95. The summed E-state index contributed by atoms with van der Waals surface area (Å²) in [6.07, 6.45) is 5.64. The van der Waals surface area contributed by atoms with Crippen molar-refractivity contribution in [2.45, 2.75) is 25.7 Å². The van der Waals surface area contributed by atoms with Crippen LogP contribution in [0.15, 0.2) is 76.1 Å². The average molecular weight is 472 g/mol. The number of furan rings is 1. The highest BCUT2D eigenvalue weighted by atomic mass is 32.1. The molecule has 2 aromatic heterocycles. The lowest BCUT2D eigenvalue weighted by Crippen LogP contribution is -2.14. The zero-order valence-electron chi connectivity index (χ0n) is 18.2. The SMILES string of the molecule is O=C(Nc1ccccc1)c1c(N=Cc2ccc(-c3ccc([N+](=O)[O-])cc3)o2)sc2c1CCCC2. The Morgan fingerprint density at radius 1 is 1.03 bits per heavy atom. The van der Waals surface area contributed by atoms with Gasteiger partial charge in [-0.3, -0.25) is 14.9 Å². The molecule has 170 valence electrons. The van der Waals surface area contributed by atoms with Crippen LogP contribution >= 0.6 is 11.3 Å². The number of nitrogens with zero attached hydrogens (tertiary/aromatic N) is 2. The van der Waals surface area contributed by atoms with E-state index in [0.717, 1.165) is 42.5 Å². The summed E-state index contributed by atoms with van der Waals surface area (Å²) >= 11 is 1.56. The van der Waals surface area contributed by atoms with Gasteiger partial charge in [0.2, 0.25) is 0 Å². The van der Waals surface area contributed by atoms with E-state index < -0.39 is 4.92 Å². The summed E-state index contributed by atoms with van der Waals surface area (Å²) in [5.41, 5.74) is 3.25. The van der Waals surface area contributed by atoms with Crippen LogP contribution in [0.5, 0.6) is 0 Å². The summed E-state index contributed by atoms with van der Waals surface area (Å²) in [5.74, 6) is 0.974. The number of para-hydroxylation sites is 1. The zero-order chi connectivity index (χ0) is 23.5. The molecule has 0 spiro atoms. The van der Waals surface area contributed by atoms with Crippen LogP contribution < -0.4 is 5.32 Å². The number of nitro benzene ring substituents is 1. The third kappa shape index (κ3) is 4.53. The van der Waals surface area contributed by atoms with Gasteiger partial charge in [0.05, 0.1) is 16.7 Å². The van der Waals surface area contributed by atoms with E-state index in [9.17, 15) is 14.9 Å². The number of nitro groups is 1. The molecule has 5 rings (SSSR count). The largest absolute Gasteiger partial charge is 0.455 e. The Hall–Kier alpha value is -4.04. The van der Waals surface area contributed by atoms with Crippen molar-refractivity contribution >= 4 is 39.8 Å². The first-order chi connectivity index (χ1) is 16.6. The van der Waals surface area contributed by atoms with Crippen LogP contribution in [0, 0.1) is 10.1 Å². The molecule has 0 aliphatic heterocycles. The van der Waals surface area contributed by atoms with Crippen LogP contribution in [0.2, 0.25) is 0 Å². The van der Waals surface area contributed by atoms with Crippen LogP contribution in [-0.2, 0) is 12.8 Å². The number of hydrogen-bond donors (Lipinski definition) is 1. The van der Waals surface area contributed by atoms with E-state index >= 15 is 0 Å². The quantitative estimate of drug-likeness (QED) is 0.190. The third-order valence-electron chi connectivity index (χ3n) is 5.71. The highest BCUT2D eigenvalue weighted by Gasteiger charge is 2.25. The molecule has 34 heavy (non-hydrogen) atoms. The van der Waals surface area contributed by atoms with Crippen molar-refractivity contribution in [3.8, 4) is 11.3 Å². The van der Waals surface area contributed by atoms with Crippen molar-refractivity contribution < 1.29 is 14.1 Å². The van der Waals surface area contributed by atoms with Gasteiger partial charge in [0.25, 0.3) is 11.6 Å². The molecule has 8 heteroatoms. The highest BCUT2D eigenvalue weighted by Crippen LogP contribution is 2.40. The molecule has 1 N–H and O–H groups in total. The van der Waals surface area contributed by atoms with Crippen molar-refractivity contribution in [3.63, 3.8) is 0 Å². The molecule has 7 nitrogen and oxygen atoms in total. The first-order valence-electron chi connectivity index (χ1n) is 11.0. The summed E-state index contributed by atoms with van der Waals surface area (Å²) in [4.78, 5) is 29.5. The van der Waals surface area contributed by atoms with Crippen LogP contribution in [-0.4, -0.2) is 17.0 Å². The number of amides is 1. The average Bonchev–Trinajstić information content (AvgIpc) is 3.48. The molecule has 0 fully saturated rings. The van der Waals surface area contributed by atoms with Gasteiger partial charge >= 0.3 is 0 Å². The second-order valence-corrected chi connectivity index (χ2v) is 9.06. The molecule has 1 aliphatic rings. The van der Waals surface area contributed by atoms with Crippen LogP contribution in [0.4, 0.5) is 16.4 Å². The van der Waals surface area contributed by atoms with Gasteiger partial charge < -0.3 is 9.73 Å². The number of fused-ring (bicyclic) bond motifs is 1. The highest BCUT2D eigenvalue weighted by molar-refractivity contribution is 7.16. The molecule has 0 saturated carbocycles. The smallest absolute Gasteiger partial charge is 0.269 e. The second-order valence-electron chi connectivity index (χ2n) is 7.98. The normalized spacial score (nSPS) is 13.1. The monoisotopic (exact) mass is 471 g/mol. The number of carbonyl (C=O) groups excluding carboxylic acids is 1. The van der Waals surface area contributed by atoms with E-state index in [1.54, 1.807) is 41.8 Å². The maximum Gasteiger partial charge on any atom is 0.269 e. The number of carbonyl (C=O) groups is 1. The van der Waals surface area contributed by atoms with Crippen molar-refractivity contribution in [2.24, 2.45) is 4.99 Å². The third-order valence-corrected chi connectivity index (χ3v) is 6.91. The molecular formula is C26H21N3O4S. The van der Waals surface area contributed by atoms with Gasteiger partial charge in [0.1, 0.15) is 16.5 Å². The first kappa shape index (κ1) is 21.8. The maximum absolute atomic E-state index is 13.2. The van der Waals surface area contributed by atoms with Crippen molar-refractivity contribution in [3.05, 3.63) is 98.6 Å². The van der Waals surface area contributed by atoms with E-state index in [-0.39, 0.29) is 11.6 Å². The van der Waals surface area contributed by atoms with Crippen LogP contribution in [0.1, 0.15) is 39.4 Å². The molecule has 2 aromatic carbocycles. The number of aliphatic imine (C=N–C) groups is 1. The molecule has 2 heterocycles. The minimum atomic E-state index is -0.434. The van der Waals surface area contributed by atoms with Gasteiger partial charge in [-0.25, -0.2) is 4.99 Å². The standard InChI is InChI=1S/C26H21N3O4S/c30-25(28-18-6-2-1-3-7-18)24-21-8-4-5-9-23(21)34-26(24)27-16-20-14-15-22(33-20)17-10-12-19(13-11-17)29(31)32/h1-3,6-7,10-16H,4-5,8-9H2,(H,28,30). The zero-order valence-corrected chi connectivity index (χ0v) is 19.0. The number of aryl methyl sites for hydroxylation is 1. The summed E-state index contributed by atoms with van der Waals surface area (Å²) in [6, 6.07) is 19.2. The number of benzene rings is 2. The Balaban J connectivity index is 1.41. The van der Waals surface area contributed by atoms with Crippen molar-refractivity contribution in [1.82, 2.24) is 0 Å². The maximum atomic E-state index is 13.2. The molecule has 0 unspecified atom stereocenters. The number of anilines is 1. The summed E-state index contributed by atoms with van der Waals surface area (Å²) in [7, 11) is 0. The van der Waals surface area contributed by atoms with Gasteiger partial charge in [-0.05, 0) is 67.6 Å². The Labute approximate surface area is 199 Å². The molecule has 0 saturated heterocycles. The Morgan fingerprint density at radius 3 is 2.56 bits per heavy atom. The van der Waals surface area contributed by atoms with E-state index in [1.165, 1.54) is 17.0 Å². The number of nitrogens with one attached hydrogen (secondary N) is 1. The Bertz CT molecular complexity index is 1370. The van der Waals surface area contributed by atoms with E-state index in [0.29, 0.717) is 22.1 Å². The van der Waals surface area contributed by atoms with E-state index in [1.807, 2.05) is 30.3 Å². The molecule has 0 atom stereocenters. The summed E-state index contributed by atoms with van der Waals surface area (Å²) in [5, 5.41) is 14.5. The minimum absolute atomic E-state index is 0.0278. The summed E-state index contributed by atoms with van der Waals surface area (Å²) < 4.78 is 5.87. The molecule has 1 amide bonds. The number of rotatable bonds is 6. The fourth-order valence-electron chi connectivity index (χ4n) is 4.04. The lowest BCUT2D eigenvalue weighted by Gasteiger charge is -2.12. The van der Waals surface area contributed by atoms with E-state index in [4.69, 9.17) is 4.42 Å². The number of non-ortho nitro benzene ring substituents is 1. The first-order valence-corrected chi connectivity index (χ1v) is 11.8. The van der Waals surface area contributed by atoms with Gasteiger partial charge in [-0.2, -0.15) is 0 Å². The number of hydrogen-bond acceptors (Lipinski definition) is 6. The van der Waals surface area contributed by atoms with Crippen molar-refractivity contribution in [2.75, 3.05) is 5.32 Å². The van der Waals surface area contributed by atoms with Gasteiger partial charge in [-0.15, -0.1) is 11.3 Å². The van der Waals surface area contributed by atoms with E-state index in [2.05, 4.69) is 10.3 Å². The Kier molecular flexibility index (Phi) is 6.05. The predicted molar refractivity (Wildman–Crippen MR) is 133 cm³/mol. The summed E-state index contributed by atoms with van der Waals surface area (Å²) in [6.45, 7) is 0. The van der Waals surface area contributed by atoms with Crippen LogP contribution in [0.25, 0.3) is 11.3 Å². The van der Waals surface area contributed by atoms with Gasteiger partial charge in [-0.1, -0.05) is 18.2 Å². The molecular weight excluding hydrogens is 450 g/mol. The Morgan fingerprint density at radius 2 is 1.79 bits per heavy atom. The minimum Gasteiger partial charge on any atom is -0.455 e.